The van der Waals surface area contributed by atoms with E-state index in [0.717, 1.165) is 5.82 Å². The summed E-state index contributed by atoms with van der Waals surface area (Å²) in [4.78, 5) is 4.26. The van der Waals surface area contributed by atoms with Gasteiger partial charge in [-0.15, -0.1) is 0 Å². The van der Waals surface area contributed by atoms with Crippen molar-refractivity contribution in [2.75, 3.05) is 5.73 Å². The Hall–Kier alpha value is -1.33. The molecule has 0 spiro atoms. The maximum atomic E-state index is 6.00. The quantitative estimate of drug-likeness (QED) is 0.863. The van der Waals surface area contributed by atoms with Crippen molar-refractivity contribution in [3.63, 3.8) is 0 Å². The molecule has 0 aliphatic carbocycles. The zero-order valence-electron chi connectivity index (χ0n) is 9.48. The van der Waals surface area contributed by atoms with Gasteiger partial charge in [-0.3, -0.25) is 0 Å². The number of nitrogen functional groups attached to an aromatic ring is 1. The second-order valence-corrected chi connectivity index (χ2v) is 4.96. The van der Waals surface area contributed by atoms with E-state index in [-0.39, 0.29) is 5.92 Å². The number of nitrogens with two attached hydrogens (primary N) is 1. The van der Waals surface area contributed by atoms with Crippen LogP contribution in [0.2, 0.25) is 5.02 Å². The summed E-state index contributed by atoms with van der Waals surface area (Å²) in [6, 6.07) is 5.22. The second kappa shape index (κ2) is 4.89. The molecule has 0 radical (unpaired) electrons. The Morgan fingerprint density at radius 2 is 2.18 bits per heavy atom. The Morgan fingerprint density at radius 3 is 2.76 bits per heavy atom. The largest absolute Gasteiger partial charge is 0.426 e. The first-order valence-electron chi connectivity index (χ1n) is 5.13. The molecule has 0 fully saturated rings. The van der Waals surface area contributed by atoms with Crippen molar-refractivity contribution in [1.29, 1.82) is 0 Å². The second-order valence-electron chi connectivity index (χ2n) is 3.83. The van der Waals surface area contributed by atoms with E-state index in [1.54, 1.807) is 18.2 Å². The van der Waals surface area contributed by atoms with Crippen molar-refractivity contribution in [2.45, 2.75) is 19.8 Å². The molecule has 0 saturated carbocycles. The zero-order valence-corrected chi connectivity index (χ0v) is 11.0. The number of ether oxygens (including phenoxy) is 1. The Balaban J connectivity index is 2.25. The highest BCUT2D eigenvalue weighted by Gasteiger charge is 2.12. The highest BCUT2D eigenvalue weighted by molar-refractivity contribution is 7.07. The Morgan fingerprint density at radius 1 is 1.41 bits per heavy atom. The van der Waals surface area contributed by atoms with Gasteiger partial charge >= 0.3 is 0 Å². The van der Waals surface area contributed by atoms with Gasteiger partial charge in [-0.1, -0.05) is 31.5 Å². The molecule has 0 bridgehead atoms. The van der Waals surface area contributed by atoms with Crippen molar-refractivity contribution in [1.82, 2.24) is 9.36 Å². The van der Waals surface area contributed by atoms with Gasteiger partial charge in [0, 0.05) is 17.5 Å². The van der Waals surface area contributed by atoms with Gasteiger partial charge in [-0.2, -0.15) is 9.36 Å². The van der Waals surface area contributed by atoms with Crippen molar-refractivity contribution in [2.24, 2.45) is 0 Å². The number of benzene rings is 1. The van der Waals surface area contributed by atoms with Gasteiger partial charge in [0.1, 0.15) is 5.82 Å². The van der Waals surface area contributed by atoms with Crippen molar-refractivity contribution >= 4 is 28.8 Å². The molecule has 1 heterocycles. The predicted molar refractivity (Wildman–Crippen MR) is 69.9 cm³/mol. The molecule has 6 heteroatoms. The van der Waals surface area contributed by atoms with Gasteiger partial charge in [0.15, 0.2) is 5.75 Å². The first-order valence-corrected chi connectivity index (χ1v) is 6.28. The maximum absolute atomic E-state index is 6.00. The number of nitrogens with zero attached hydrogens (tertiary/aromatic N) is 2. The predicted octanol–water partition coefficient (Wildman–Crippen LogP) is 3.69. The molecule has 0 atom stereocenters. The number of halogens is 1. The summed E-state index contributed by atoms with van der Waals surface area (Å²) in [5.41, 5.74) is 6.27. The van der Waals surface area contributed by atoms with Crippen molar-refractivity contribution in [3.8, 4) is 10.9 Å². The first kappa shape index (κ1) is 12.1. The van der Waals surface area contributed by atoms with E-state index in [9.17, 15) is 0 Å². The number of rotatable bonds is 3. The van der Waals surface area contributed by atoms with Crippen LogP contribution in [0.15, 0.2) is 18.2 Å². The van der Waals surface area contributed by atoms with Crippen LogP contribution in [0.3, 0.4) is 0 Å². The Kier molecular flexibility index (Phi) is 3.49. The molecular weight excluding hydrogens is 258 g/mol. The molecule has 0 aliphatic rings. The molecule has 4 nitrogen and oxygen atoms in total. The van der Waals surface area contributed by atoms with Crippen LogP contribution in [0.5, 0.6) is 10.9 Å². The van der Waals surface area contributed by atoms with Gasteiger partial charge in [-0.05, 0) is 12.1 Å². The summed E-state index contributed by atoms with van der Waals surface area (Å²) in [5, 5.41) is 0.916. The lowest BCUT2D eigenvalue weighted by molar-refractivity contribution is 0.478. The molecule has 0 aliphatic heterocycles. The van der Waals surface area contributed by atoms with Crippen molar-refractivity contribution in [3.05, 3.63) is 29.0 Å². The third kappa shape index (κ3) is 2.68. The minimum absolute atomic E-state index is 0.271. The highest BCUT2D eigenvalue weighted by atomic mass is 35.5. The van der Waals surface area contributed by atoms with E-state index in [2.05, 4.69) is 9.36 Å². The lowest BCUT2D eigenvalue weighted by Gasteiger charge is -2.06. The van der Waals surface area contributed by atoms with E-state index >= 15 is 0 Å². The van der Waals surface area contributed by atoms with Crippen LogP contribution in [-0.2, 0) is 0 Å². The number of hydrogen-bond donors (Lipinski definition) is 1. The fraction of sp³-hybridized carbons (Fsp3) is 0.273. The van der Waals surface area contributed by atoms with Crippen LogP contribution in [0.4, 0.5) is 5.69 Å². The molecule has 0 saturated heterocycles. The van der Waals surface area contributed by atoms with Crippen LogP contribution in [-0.4, -0.2) is 9.36 Å². The molecule has 17 heavy (non-hydrogen) atoms. The smallest absolute Gasteiger partial charge is 0.298 e. The van der Waals surface area contributed by atoms with E-state index in [0.29, 0.717) is 21.7 Å². The monoisotopic (exact) mass is 269 g/mol. The van der Waals surface area contributed by atoms with E-state index < -0.39 is 0 Å². The molecule has 90 valence electrons. The Labute approximate surface area is 109 Å². The topological polar surface area (TPSA) is 61.0 Å². The van der Waals surface area contributed by atoms with Gasteiger partial charge < -0.3 is 10.5 Å². The molecule has 0 unspecified atom stereocenters. The van der Waals surface area contributed by atoms with Crippen LogP contribution >= 0.6 is 23.1 Å². The maximum Gasteiger partial charge on any atom is 0.298 e. The SMILES string of the molecule is CC(C)c1nsc(Oc2c(N)cccc2Cl)n1. The summed E-state index contributed by atoms with van der Waals surface area (Å²) >= 11 is 7.19. The number of hydrogen-bond acceptors (Lipinski definition) is 5. The molecule has 0 amide bonds. The number of anilines is 1. The van der Waals surface area contributed by atoms with E-state index in [1.807, 2.05) is 13.8 Å². The summed E-state index contributed by atoms with van der Waals surface area (Å²) in [5.74, 6) is 1.46. The van der Waals surface area contributed by atoms with Gasteiger partial charge in [0.05, 0.1) is 10.7 Å². The highest BCUT2D eigenvalue weighted by Crippen LogP contribution is 2.35. The number of aromatic nitrogens is 2. The lowest BCUT2D eigenvalue weighted by Crippen LogP contribution is -1.93. The van der Waals surface area contributed by atoms with Crippen LogP contribution in [0, 0.1) is 0 Å². The van der Waals surface area contributed by atoms with E-state index in [1.165, 1.54) is 11.5 Å². The Bertz CT molecular complexity index is 507. The van der Waals surface area contributed by atoms with Gasteiger partial charge in [0.25, 0.3) is 5.19 Å². The molecule has 1 aromatic heterocycles. The summed E-state index contributed by atoms with van der Waals surface area (Å²) in [7, 11) is 0. The summed E-state index contributed by atoms with van der Waals surface area (Å²) in [6.45, 7) is 4.05. The molecular formula is C11H12ClN3OS. The summed E-state index contributed by atoms with van der Waals surface area (Å²) in [6.07, 6.45) is 0. The third-order valence-corrected chi connectivity index (χ3v) is 3.03. The first-order chi connectivity index (χ1) is 8.08. The summed E-state index contributed by atoms with van der Waals surface area (Å²) < 4.78 is 9.75. The van der Waals surface area contributed by atoms with E-state index in [4.69, 9.17) is 22.1 Å². The van der Waals surface area contributed by atoms with Gasteiger partial charge in [-0.25, -0.2) is 0 Å². The normalized spacial score (nSPS) is 10.8. The third-order valence-electron chi connectivity index (χ3n) is 2.13. The molecule has 1 aromatic carbocycles. The average Bonchev–Trinajstić information content (AvgIpc) is 2.72. The van der Waals surface area contributed by atoms with Crippen molar-refractivity contribution < 1.29 is 4.74 Å². The molecule has 2 aromatic rings. The van der Waals surface area contributed by atoms with Gasteiger partial charge in [0.2, 0.25) is 0 Å². The zero-order chi connectivity index (χ0) is 12.4. The fourth-order valence-electron chi connectivity index (χ4n) is 1.22. The molecule has 2 N–H and O–H groups in total. The minimum Gasteiger partial charge on any atom is -0.426 e. The van der Waals surface area contributed by atoms with Crippen LogP contribution in [0.1, 0.15) is 25.6 Å². The van der Waals surface area contributed by atoms with Crippen LogP contribution in [0.25, 0.3) is 0 Å². The standard InChI is InChI=1S/C11H12ClN3OS/c1-6(2)10-14-11(17-15-10)16-9-7(12)4-3-5-8(9)13/h3-6H,13H2,1-2H3. The average molecular weight is 270 g/mol. The van der Waals surface area contributed by atoms with Crippen LogP contribution < -0.4 is 10.5 Å². The number of para-hydroxylation sites is 1. The fourth-order valence-corrected chi connectivity index (χ4v) is 2.12. The lowest BCUT2D eigenvalue weighted by atomic mass is 10.2. The minimum atomic E-state index is 0.271. The molecule has 2 rings (SSSR count).